The van der Waals surface area contributed by atoms with Gasteiger partial charge in [0.05, 0.1) is 35.9 Å². The van der Waals surface area contributed by atoms with E-state index in [0.29, 0.717) is 32.3 Å². The first-order chi connectivity index (χ1) is 30.4. The lowest BCUT2D eigenvalue weighted by molar-refractivity contribution is -0.0442. The minimum Gasteiger partial charge on any atom is -1.00 e. The van der Waals surface area contributed by atoms with E-state index in [1.807, 2.05) is 24.3 Å². The van der Waals surface area contributed by atoms with Crippen molar-refractivity contribution >= 4 is 31.6 Å². The lowest BCUT2D eigenvalue weighted by atomic mass is 9.64. The van der Waals surface area contributed by atoms with E-state index in [1.165, 1.54) is 31.0 Å². The molecule has 65 heavy (non-hydrogen) atoms. The van der Waals surface area contributed by atoms with Gasteiger partial charge in [-0.3, -0.25) is 0 Å². The molecular weight excluding hydrogens is 932 g/mol. The van der Waals surface area contributed by atoms with Gasteiger partial charge in [0.15, 0.2) is 5.75 Å². The molecule has 0 saturated carbocycles. The lowest BCUT2D eigenvalue weighted by Crippen LogP contribution is -3.00. The Morgan fingerprint density at radius 1 is 0.538 bits per heavy atom. The first-order valence-corrected chi connectivity index (χ1v) is 29.2. The highest BCUT2D eigenvalue weighted by Gasteiger charge is 2.75. The second-order valence-electron chi connectivity index (χ2n) is 20.2. The highest BCUT2D eigenvalue weighted by Crippen LogP contribution is 2.88. The smallest absolute Gasteiger partial charge is 0.161 e. The van der Waals surface area contributed by atoms with E-state index in [-0.39, 0.29) is 61.2 Å². The van der Waals surface area contributed by atoms with E-state index >= 15 is 0 Å². The fourth-order valence-electron chi connectivity index (χ4n) is 11.3. The number of phenolic OH excluding ortho intramolecular Hbond substituents is 2. The third-order valence-corrected chi connectivity index (χ3v) is 23.8. The molecule has 0 aliphatic carbocycles. The third-order valence-electron chi connectivity index (χ3n) is 13.7. The standard InChI is InChI=1S/C53H93O8PSi2.BrH/c1-15-18-32-53(33-19-16-2,34-20-17-3)52(10,41-42-39-43(54)28-30-45(42)60-35-25-23-21-22-24-26-37-63-48(56-11)57-12)62(50(4,5)6,51(7,8)9)47-40-44(55)29-31-46(47)61-36-27-38-64-49(58-13)59-14;/h28-31,39-40,48-49H,15-27,32-38,41H2,1-14H3,(H-,54,55);1H. The summed E-state index contributed by atoms with van der Waals surface area (Å²) in [4.78, 5) is 0. The van der Waals surface area contributed by atoms with Gasteiger partial charge in [0.25, 0.3) is 0 Å². The van der Waals surface area contributed by atoms with Gasteiger partial charge in [-0.15, -0.1) is 0 Å². The summed E-state index contributed by atoms with van der Waals surface area (Å²) in [5.41, 5.74) is 1.02. The largest absolute Gasteiger partial charge is 1.00 e. The highest BCUT2D eigenvalue weighted by atomic mass is 79.9. The number of rotatable bonds is 35. The fourth-order valence-corrected chi connectivity index (χ4v) is 22.4. The van der Waals surface area contributed by atoms with Gasteiger partial charge in [0.2, 0.25) is 0 Å². The van der Waals surface area contributed by atoms with Gasteiger partial charge >= 0.3 is 0 Å². The average molecular weight is 1030 g/mol. The van der Waals surface area contributed by atoms with Crippen LogP contribution in [0.1, 0.15) is 178 Å². The number of hydrogen-bond acceptors (Lipinski definition) is 8. The molecule has 0 saturated heterocycles. The Kier molecular flexibility index (Phi) is 29.6. The van der Waals surface area contributed by atoms with Gasteiger partial charge in [-0.05, 0) is 111 Å². The van der Waals surface area contributed by atoms with Crippen molar-refractivity contribution in [2.45, 2.75) is 218 Å². The Balaban J connectivity index is 0.0000211. The zero-order chi connectivity index (χ0) is 47.9. The molecule has 8 nitrogen and oxygen atoms in total. The van der Waals surface area contributed by atoms with Gasteiger partial charge in [0, 0.05) is 51.9 Å². The van der Waals surface area contributed by atoms with Crippen molar-refractivity contribution in [2.75, 3.05) is 41.7 Å². The minimum atomic E-state index is -2.56. The molecule has 12 heteroatoms. The number of methoxy groups -OCH3 is 4. The van der Waals surface area contributed by atoms with E-state index in [1.54, 1.807) is 34.5 Å². The van der Waals surface area contributed by atoms with Gasteiger partial charge in [-0.1, -0.05) is 103 Å². The molecule has 1 unspecified atom stereocenters. The van der Waals surface area contributed by atoms with Crippen LogP contribution in [0.25, 0.3) is 0 Å². The van der Waals surface area contributed by atoms with Crippen LogP contribution in [-0.4, -0.2) is 98.2 Å². The molecule has 0 amide bonds. The van der Waals surface area contributed by atoms with E-state index in [4.69, 9.17) is 28.4 Å². The normalized spacial score (nSPS) is 13.6. The third kappa shape index (κ3) is 17.3. The van der Waals surface area contributed by atoms with Crippen LogP contribution in [0.2, 0.25) is 12.1 Å². The maximum absolute atomic E-state index is 11.6. The van der Waals surface area contributed by atoms with Crippen LogP contribution in [0.5, 0.6) is 23.0 Å². The van der Waals surface area contributed by atoms with Crippen molar-refractivity contribution in [3.8, 4) is 23.0 Å². The summed E-state index contributed by atoms with van der Waals surface area (Å²) in [7, 11) is 5.46. The van der Waals surface area contributed by atoms with Crippen LogP contribution in [-0.2, 0) is 25.4 Å². The van der Waals surface area contributed by atoms with E-state index in [0.717, 1.165) is 113 Å². The van der Waals surface area contributed by atoms with Crippen LogP contribution in [0.4, 0.5) is 0 Å². The summed E-state index contributed by atoms with van der Waals surface area (Å²) in [6, 6.07) is 13.8. The number of benzene rings is 2. The molecule has 0 fully saturated rings. The highest BCUT2D eigenvalue weighted by molar-refractivity contribution is 7.87. The Morgan fingerprint density at radius 3 is 1.43 bits per heavy atom. The summed E-state index contributed by atoms with van der Waals surface area (Å²) >= 11 is 0. The van der Waals surface area contributed by atoms with Crippen LogP contribution in [0, 0.1) is 5.41 Å². The number of aromatic hydroxyl groups is 2. The molecule has 4 radical (unpaired) electrons. The Bertz CT molecular complexity index is 1530. The Hall–Kier alpha value is -1.18. The van der Waals surface area contributed by atoms with Crippen molar-refractivity contribution in [3.05, 3.63) is 42.0 Å². The molecule has 0 heterocycles. The van der Waals surface area contributed by atoms with E-state index in [9.17, 15) is 10.2 Å². The van der Waals surface area contributed by atoms with Gasteiger partial charge in [0.1, 0.15) is 53.4 Å². The zero-order valence-electron chi connectivity index (χ0n) is 43.6. The molecule has 2 N–H and O–H groups in total. The summed E-state index contributed by atoms with van der Waals surface area (Å²) in [6.07, 6.45) is 18.8. The second-order valence-corrected chi connectivity index (χ2v) is 28.4. The van der Waals surface area contributed by atoms with Crippen molar-refractivity contribution in [1.82, 2.24) is 0 Å². The Morgan fingerprint density at radius 2 is 0.954 bits per heavy atom. The maximum atomic E-state index is 11.6. The van der Waals surface area contributed by atoms with Gasteiger partial charge < -0.3 is 55.6 Å². The van der Waals surface area contributed by atoms with Gasteiger partial charge in [-0.2, -0.15) is 0 Å². The topological polar surface area (TPSA) is 95.8 Å². The lowest BCUT2D eigenvalue weighted by Gasteiger charge is -2.63. The molecular formula is C53H94BrO8PSi2. The summed E-state index contributed by atoms with van der Waals surface area (Å²) in [6.45, 7) is 25.7. The monoisotopic (exact) mass is 1020 g/mol. The van der Waals surface area contributed by atoms with Crippen LogP contribution in [0.3, 0.4) is 0 Å². The maximum Gasteiger partial charge on any atom is 0.161 e. The fraction of sp³-hybridized carbons (Fsp3) is 0.774. The average Bonchev–Trinajstić information content (AvgIpc) is 3.24. The van der Waals surface area contributed by atoms with Crippen LogP contribution >= 0.6 is 7.26 Å². The number of phenols is 2. The number of ether oxygens (including phenoxy) is 6. The number of unbranched alkanes of at least 4 members (excludes halogenated alkanes) is 8. The van der Waals surface area contributed by atoms with Crippen molar-refractivity contribution in [2.24, 2.45) is 5.41 Å². The molecule has 1 atom stereocenters. The van der Waals surface area contributed by atoms with Crippen LogP contribution in [0.15, 0.2) is 36.4 Å². The summed E-state index contributed by atoms with van der Waals surface area (Å²) in [5, 5.41) is 23.4. The van der Waals surface area contributed by atoms with Crippen LogP contribution < -0.4 is 31.8 Å². The zero-order valence-corrected chi connectivity index (χ0v) is 48.1. The Labute approximate surface area is 414 Å². The molecule has 2 rings (SSSR count). The van der Waals surface area contributed by atoms with E-state index < -0.39 is 7.26 Å². The molecule has 0 aliphatic heterocycles. The predicted molar refractivity (Wildman–Crippen MR) is 275 cm³/mol. The molecule has 0 aromatic heterocycles. The van der Waals surface area contributed by atoms with E-state index in [2.05, 4.69) is 75.3 Å². The number of halogens is 1. The molecule has 0 aliphatic rings. The van der Waals surface area contributed by atoms with Gasteiger partial charge in [-0.25, -0.2) is 0 Å². The first kappa shape index (κ1) is 61.8. The summed E-state index contributed by atoms with van der Waals surface area (Å²) < 4.78 is 35.5. The van der Waals surface area contributed by atoms with Crippen molar-refractivity contribution in [3.63, 3.8) is 0 Å². The molecule has 374 valence electrons. The molecule has 0 bridgehead atoms. The first-order valence-electron chi connectivity index (χ1n) is 24.8. The van der Waals surface area contributed by atoms with Crippen molar-refractivity contribution < 1.29 is 55.6 Å². The minimum absolute atomic E-state index is 0. The second kappa shape index (κ2) is 31.1. The molecule has 2 aromatic carbocycles. The van der Waals surface area contributed by atoms with Crippen molar-refractivity contribution in [1.29, 1.82) is 0 Å². The SMILES string of the molecule is CCCCC(CCCC)(CCCC)C(C)(Cc1cc(O)ccc1OCCCCCCCC[Si]C(OC)OC)[P+](c1cc(O)ccc1OCCC[Si]C(OC)OC)(C(C)(C)C)C(C)(C)C.[Br-]. The molecule has 0 spiro atoms. The quantitative estimate of drug-likeness (QED) is 0.0305. The molecule has 2 aromatic rings. The number of hydrogen-bond donors (Lipinski definition) is 2. The predicted octanol–water partition coefficient (Wildman–Crippen LogP) is 10.8. The summed E-state index contributed by atoms with van der Waals surface area (Å²) in [5.74, 6) is 2.05.